The van der Waals surface area contributed by atoms with Gasteiger partial charge in [-0.05, 0) is 17.7 Å². The molecule has 0 aromatic heterocycles. The summed E-state index contributed by atoms with van der Waals surface area (Å²) in [6, 6.07) is 10.8. The highest BCUT2D eigenvalue weighted by Gasteiger charge is 2.48. The number of rotatable bonds is 4. The van der Waals surface area contributed by atoms with E-state index in [0.717, 1.165) is 5.01 Å². The van der Waals surface area contributed by atoms with E-state index in [1.807, 2.05) is 0 Å². The van der Waals surface area contributed by atoms with E-state index in [9.17, 15) is 24.8 Å². The van der Waals surface area contributed by atoms with Crippen LogP contribution in [0.3, 0.4) is 0 Å². The first-order chi connectivity index (χ1) is 11.9. The number of para-hydroxylation sites is 1. The Kier molecular flexibility index (Phi) is 4.28. The molecule has 0 unspecified atom stereocenters. The number of nitrogens with zero attached hydrogens (tertiary/aromatic N) is 2. The molecule has 2 aromatic carbocycles. The number of alkyl halides is 1. The lowest BCUT2D eigenvalue weighted by Crippen LogP contribution is -2.63. The van der Waals surface area contributed by atoms with E-state index in [0.29, 0.717) is 5.56 Å². The zero-order chi connectivity index (χ0) is 18.1. The van der Waals surface area contributed by atoms with E-state index in [1.54, 1.807) is 18.2 Å². The topological polar surface area (TPSA) is 113 Å². The number of hydrogen-bond acceptors (Lipinski definition) is 5. The number of nitrogens with one attached hydrogen (secondary N) is 1. The lowest BCUT2D eigenvalue weighted by molar-refractivity contribution is -0.385. The average molecular weight is 362 g/mol. The number of hydrogen-bond donors (Lipinski definition) is 2. The molecule has 0 spiro atoms. The average Bonchev–Trinajstić information content (AvgIpc) is 2.61. The maximum absolute atomic E-state index is 12.3. The zero-order valence-electron chi connectivity index (χ0n) is 12.6. The number of non-ortho nitro benzene ring substituents is 1. The Balaban J connectivity index is 1.85. The quantitative estimate of drug-likeness (QED) is 0.375. The molecule has 0 bridgehead atoms. The molecule has 0 radical (unpaired) electrons. The lowest BCUT2D eigenvalue weighted by Gasteiger charge is -2.43. The summed E-state index contributed by atoms with van der Waals surface area (Å²) in [5.41, 5.74) is 2.65. The number of carbonyl (C=O) groups excluding carboxylic acids is 2. The van der Waals surface area contributed by atoms with Gasteiger partial charge in [0.1, 0.15) is 17.2 Å². The number of amides is 2. The van der Waals surface area contributed by atoms with Gasteiger partial charge in [0, 0.05) is 12.1 Å². The maximum Gasteiger partial charge on any atom is 0.273 e. The monoisotopic (exact) mass is 361 g/mol. The van der Waals surface area contributed by atoms with Crippen molar-refractivity contribution < 1.29 is 19.6 Å². The van der Waals surface area contributed by atoms with Crippen LogP contribution in [0.1, 0.15) is 22.0 Å². The Bertz CT molecular complexity index is 872. The largest absolute Gasteiger partial charge is 0.507 e. The van der Waals surface area contributed by atoms with Crippen LogP contribution in [0.2, 0.25) is 0 Å². The van der Waals surface area contributed by atoms with Crippen molar-refractivity contribution in [1.82, 2.24) is 10.4 Å². The van der Waals surface area contributed by atoms with Gasteiger partial charge in [-0.2, -0.15) is 0 Å². The van der Waals surface area contributed by atoms with Crippen molar-refractivity contribution in [3.63, 3.8) is 0 Å². The first-order valence-corrected chi connectivity index (χ1v) is 7.64. The van der Waals surface area contributed by atoms with Gasteiger partial charge in [0.15, 0.2) is 0 Å². The molecule has 3 rings (SSSR count). The Hall–Kier alpha value is -3.13. The normalized spacial score (nSPS) is 19.2. The highest BCUT2D eigenvalue weighted by atomic mass is 35.5. The summed E-state index contributed by atoms with van der Waals surface area (Å²) in [6.45, 7) is 0. The fourth-order valence-electron chi connectivity index (χ4n) is 2.55. The SMILES string of the molecule is O=C(NN1C(=O)[C@@H](Cl)[C@@H]1c1cccc([N+](=O)[O-])c1)c1ccccc1O. The van der Waals surface area contributed by atoms with E-state index < -0.39 is 28.2 Å². The minimum Gasteiger partial charge on any atom is -0.507 e. The van der Waals surface area contributed by atoms with Crippen LogP contribution in [0.4, 0.5) is 5.69 Å². The molecule has 9 heteroatoms. The third kappa shape index (κ3) is 2.99. The molecule has 1 aliphatic rings. The number of phenols is 1. The Labute approximate surface area is 146 Å². The van der Waals surface area contributed by atoms with E-state index in [2.05, 4.69) is 5.43 Å². The highest BCUT2D eigenvalue weighted by Crippen LogP contribution is 2.38. The number of hydrazine groups is 1. The summed E-state index contributed by atoms with van der Waals surface area (Å²) in [5, 5.41) is 20.7. The molecule has 2 amide bonds. The first-order valence-electron chi connectivity index (χ1n) is 7.20. The standard InChI is InChI=1S/C16H12ClN3O5/c17-13-14(9-4-3-5-10(8-9)20(24)25)19(16(13)23)18-15(22)11-6-1-2-7-12(11)21/h1-8,13-14,21H,(H,18,22)/t13-,14-/m0/s1. The number of nitro benzene ring substituents is 1. The predicted molar refractivity (Wildman–Crippen MR) is 87.9 cm³/mol. The van der Waals surface area contributed by atoms with Crippen LogP contribution >= 0.6 is 11.6 Å². The Morgan fingerprint density at radius 1 is 1.24 bits per heavy atom. The number of aromatic hydroxyl groups is 1. The van der Waals surface area contributed by atoms with Gasteiger partial charge in [-0.1, -0.05) is 24.3 Å². The van der Waals surface area contributed by atoms with Crippen molar-refractivity contribution in [3.8, 4) is 5.75 Å². The van der Waals surface area contributed by atoms with Crippen LogP contribution in [0.25, 0.3) is 0 Å². The van der Waals surface area contributed by atoms with Crippen LogP contribution in [-0.2, 0) is 4.79 Å². The lowest BCUT2D eigenvalue weighted by atomic mass is 9.95. The van der Waals surface area contributed by atoms with Crippen LogP contribution in [0.15, 0.2) is 48.5 Å². The molecule has 2 atom stereocenters. The smallest absolute Gasteiger partial charge is 0.273 e. The fraction of sp³-hybridized carbons (Fsp3) is 0.125. The van der Waals surface area contributed by atoms with Crippen molar-refractivity contribution >= 4 is 29.1 Å². The van der Waals surface area contributed by atoms with E-state index in [4.69, 9.17) is 11.6 Å². The van der Waals surface area contributed by atoms with Crippen molar-refractivity contribution in [3.05, 3.63) is 69.8 Å². The van der Waals surface area contributed by atoms with Gasteiger partial charge in [0.05, 0.1) is 10.5 Å². The molecular weight excluding hydrogens is 350 g/mol. The molecule has 1 fully saturated rings. The van der Waals surface area contributed by atoms with Gasteiger partial charge in [-0.15, -0.1) is 11.6 Å². The van der Waals surface area contributed by atoms with Crippen LogP contribution in [0.5, 0.6) is 5.75 Å². The molecule has 1 heterocycles. The second-order valence-electron chi connectivity index (χ2n) is 5.37. The molecule has 0 aliphatic carbocycles. The molecule has 128 valence electrons. The van der Waals surface area contributed by atoms with Crippen LogP contribution < -0.4 is 5.43 Å². The second kappa shape index (κ2) is 6.40. The summed E-state index contributed by atoms with van der Waals surface area (Å²) >= 11 is 6.03. The molecule has 25 heavy (non-hydrogen) atoms. The molecular formula is C16H12ClN3O5. The van der Waals surface area contributed by atoms with Gasteiger partial charge >= 0.3 is 0 Å². The second-order valence-corrected chi connectivity index (χ2v) is 5.84. The van der Waals surface area contributed by atoms with E-state index in [-0.39, 0.29) is 17.0 Å². The van der Waals surface area contributed by atoms with Crippen LogP contribution in [0, 0.1) is 10.1 Å². The molecule has 1 aliphatic heterocycles. The van der Waals surface area contributed by atoms with Crippen LogP contribution in [-0.4, -0.2) is 32.2 Å². The van der Waals surface area contributed by atoms with Gasteiger partial charge < -0.3 is 5.11 Å². The van der Waals surface area contributed by atoms with Crippen molar-refractivity contribution in [2.75, 3.05) is 0 Å². The van der Waals surface area contributed by atoms with Crippen molar-refractivity contribution in [2.24, 2.45) is 0 Å². The summed E-state index contributed by atoms with van der Waals surface area (Å²) in [6.07, 6.45) is 0. The molecule has 8 nitrogen and oxygen atoms in total. The minimum atomic E-state index is -0.952. The molecule has 0 saturated carbocycles. The number of β-lactam (4-membered cyclic amide) rings is 1. The summed E-state index contributed by atoms with van der Waals surface area (Å²) < 4.78 is 0. The number of carbonyl (C=O) groups is 2. The third-order valence-corrected chi connectivity index (χ3v) is 4.25. The summed E-state index contributed by atoms with van der Waals surface area (Å²) in [4.78, 5) is 34.6. The number of phenolic OH excluding ortho intramolecular Hbond substituents is 1. The Morgan fingerprint density at radius 2 is 1.96 bits per heavy atom. The van der Waals surface area contributed by atoms with Gasteiger partial charge in [-0.25, -0.2) is 5.01 Å². The van der Waals surface area contributed by atoms with Gasteiger partial charge in [-0.3, -0.25) is 25.1 Å². The first kappa shape index (κ1) is 16.7. The third-order valence-electron chi connectivity index (χ3n) is 3.82. The van der Waals surface area contributed by atoms with Gasteiger partial charge in [0.2, 0.25) is 0 Å². The van der Waals surface area contributed by atoms with E-state index >= 15 is 0 Å². The molecule has 1 saturated heterocycles. The Morgan fingerprint density at radius 3 is 2.64 bits per heavy atom. The number of halogens is 1. The van der Waals surface area contributed by atoms with Gasteiger partial charge in [0.25, 0.3) is 17.5 Å². The van der Waals surface area contributed by atoms with Crippen molar-refractivity contribution in [2.45, 2.75) is 11.4 Å². The summed E-state index contributed by atoms with van der Waals surface area (Å²) in [5.74, 6) is -1.46. The maximum atomic E-state index is 12.3. The molecule has 2 N–H and O–H groups in total. The summed E-state index contributed by atoms with van der Waals surface area (Å²) in [7, 11) is 0. The highest BCUT2D eigenvalue weighted by molar-refractivity contribution is 6.33. The zero-order valence-corrected chi connectivity index (χ0v) is 13.4. The predicted octanol–water partition coefficient (Wildman–Crippen LogP) is 2.14. The van der Waals surface area contributed by atoms with Crippen molar-refractivity contribution in [1.29, 1.82) is 0 Å². The minimum absolute atomic E-state index is 0.00823. The number of benzene rings is 2. The number of nitro groups is 1. The molecule has 2 aromatic rings. The fourth-order valence-corrected chi connectivity index (χ4v) is 2.92. The van der Waals surface area contributed by atoms with E-state index in [1.165, 1.54) is 30.3 Å².